The molecular weight excluding hydrogens is 222 g/mol. The van der Waals surface area contributed by atoms with Crippen LogP contribution < -0.4 is 0 Å². The van der Waals surface area contributed by atoms with E-state index in [0.29, 0.717) is 12.5 Å². The maximum Gasteiger partial charge on any atom is 0.0499 e. The van der Waals surface area contributed by atoms with Gasteiger partial charge in [0.2, 0.25) is 0 Å². The smallest absolute Gasteiger partial charge is 0.0499 e. The van der Waals surface area contributed by atoms with Gasteiger partial charge in [-0.15, -0.1) is 0 Å². The first kappa shape index (κ1) is 11.5. The van der Waals surface area contributed by atoms with Gasteiger partial charge in [0, 0.05) is 35.3 Å². The van der Waals surface area contributed by atoms with Crippen LogP contribution >= 0.6 is 11.6 Å². The Morgan fingerprint density at radius 2 is 2.06 bits per heavy atom. The summed E-state index contributed by atoms with van der Waals surface area (Å²) in [6.07, 6.45) is 0.685. The van der Waals surface area contributed by atoms with Crippen molar-refractivity contribution in [3.05, 3.63) is 35.0 Å². The summed E-state index contributed by atoms with van der Waals surface area (Å²) < 4.78 is 2.23. The molecule has 3 heteroatoms. The molecule has 2 nitrogen and oxygen atoms in total. The fourth-order valence-corrected chi connectivity index (χ4v) is 2.33. The summed E-state index contributed by atoms with van der Waals surface area (Å²) >= 11 is 6.02. The van der Waals surface area contributed by atoms with Crippen LogP contribution in [0.2, 0.25) is 5.02 Å². The van der Waals surface area contributed by atoms with E-state index in [9.17, 15) is 0 Å². The van der Waals surface area contributed by atoms with Crippen molar-refractivity contribution in [2.45, 2.75) is 26.3 Å². The molecule has 0 aliphatic carbocycles. The Balaban J connectivity index is 2.67. The van der Waals surface area contributed by atoms with Crippen molar-refractivity contribution in [1.82, 2.24) is 4.57 Å². The lowest BCUT2D eigenvalue weighted by Gasteiger charge is -2.14. The zero-order chi connectivity index (χ0) is 11.7. The number of hydrogen-bond donors (Lipinski definition) is 1. The molecule has 0 aliphatic rings. The minimum absolute atomic E-state index is 0.177. The zero-order valence-electron chi connectivity index (χ0n) is 9.57. The Morgan fingerprint density at radius 3 is 2.69 bits per heavy atom. The number of rotatable bonds is 3. The van der Waals surface area contributed by atoms with Gasteiger partial charge >= 0.3 is 0 Å². The lowest BCUT2D eigenvalue weighted by molar-refractivity contribution is 0.296. The predicted octanol–water partition coefficient (Wildman–Crippen LogP) is 3.41. The van der Waals surface area contributed by atoms with Gasteiger partial charge in [-0.25, -0.2) is 0 Å². The summed E-state index contributed by atoms with van der Waals surface area (Å²) in [5.74, 6) is 0. The van der Waals surface area contributed by atoms with Crippen LogP contribution in [0, 0.1) is 0 Å². The minimum Gasteiger partial charge on any atom is -0.396 e. The number of fused-ring (bicyclic) bond motifs is 1. The minimum atomic E-state index is 0.177. The molecule has 1 N–H and O–H groups in total. The van der Waals surface area contributed by atoms with Gasteiger partial charge < -0.3 is 9.67 Å². The quantitative estimate of drug-likeness (QED) is 0.870. The number of aliphatic hydroxyl groups excluding tert-OH is 1. The van der Waals surface area contributed by atoms with Gasteiger partial charge in [0.05, 0.1) is 0 Å². The molecule has 1 heterocycles. The lowest BCUT2D eigenvalue weighted by Crippen LogP contribution is -2.06. The second kappa shape index (κ2) is 4.48. The van der Waals surface area contributed by atoms with Crippen molar-refractivity contribution < 1.29 is 5.11 Å². The maximum absolute atomic E-state index is 9.07. The number of halogens is 1. The van der Waals surface area contributed by atoms with Crippen LogP contribution in [-0.4, -0.2) is 16.3 Å². The van der Waals surface area contributed by atoms with E-state index < -0.39 is 0 Å². The van der Waals surface area contributed by atoms with Gasteiger partial charge in [-0.3, -0.25) is 0 Å². The molecular formula is C13H16ClNO. The Bertz CT molecular complexity index is 502. The van der Waals surface area contributed by atoms with Crippen LogP contribution in [0.25, 0.3) is 10.9 Å². The van der Waals surface area contributed by atoms with E-state index >= 15 is 0 Å². The molecule has 0 bridgehead atoms. The Morgan fingerprint density at radius 1 is 1.31 bits per heavy atom. The van der Waals surface area contributed by atoms with Crippen LogP contribution in [0.4, 0.5) is 0 Å². The number of aromatic nitrogens is 1. The third kappa shape index (κ3) is 1.95. The molecule has 0 amide bonds. The van der Waals surface area contributed by atoms with E-state index in [1.54, 1.807) is 0 Å². The molecule has 16 heavy (non-hydrogen) atoms. The van der Waals surface area contributed by atoms with Crippen LogP contribution in [0.15, 0.2) is 24.3 Å². The SMILES string of the molecule is CC(C)n1c(CCO)cc2ccc(Cl)cc21. The van der Waals surface area contributed by atoms with Crippen LogP contribution in [0.3, 0.4) is 0 Å². The van der Waals surface area contributed by atoms with Crippen molar-refractivity contribution in [2.75, 3.05) is 6.61 Å². The monoisotopic (exact) mass is 237 g/mol. The molecule has 0 spiro atoms. The summed E-state index contributed by atoms with van der Waals surface area (Å²) in [6, 6.07) is 8.41. The summed E-state index contributed by atoms with van der Waals surface area (Å²) in [6.45, 7) is 4.46. The fraction of sp³-hybridized carbons (Fsp3) is 0.385. The van der Waals surface area contributed by atoms with Crippen LogP contribution in [0.5, 0.6) is 0 Å². The molecule has 1 aromatic heterocycles. The van der Waals surface area contributed by atoms with Crippen molar-refractivity contribution >= 4 is 22.5 Å². The number of aliphatic hydroxyl groups is 1. The first-order chi connectivity index (χ1) is 7.63. The van der Waals surface area contributed by atoms with Gasteiger partial charge in [0.25, 0.3) is 0 Å². The van der Waals surface area contributed by atoms with E-state index in [0.717, 1.165) is 16.2 Å². The van der Waals surface area contributed by atoms with E-state index in [1.807, 2.05) is 18.2 Å². The molecule has 0 saturated carbocycles. The summed E-state index contributed by atoms with van der Waals surface area (Å²) in [4.78, 5) is 0. The van der Waals surface area contributed by atoms with E-state index in [1.165, 1.54) is 5.39 Å². The summed E-state index contributed by atoms with van der Waals surface area (Å²) in [5, 5.41) is 11.0. The van der Waals surface area contributed by atoms with Crippen molar-refractivity contribution in [3.8, 4) is 0 Å². The number of benzene rings is 1. The molecule has 0 unspecified atom stereocenters. The first-order valence-electron chi connectivity index (χ1n) is 5.53. The van der Waals surface area contributed by atoms with Gasteiger partial charge in [-0.05, 0) is 37.4 Å². The Kier molecular flexibility index (Phi) is 3.22. The maximum atomic E-state index is 9.07. The molecule has 0 saturated heterocycles. The molecule has 0 radical (unpaired) electrons. The Labute approximate surface area is 100 Å². The largest absolute Gasteiger partial charge is 0.396 e. The molecule has 86 valence electrons. The van der Waals surface area contributed by atoms with Crippen molar-refractivity contribution in [3.63, 3.8) is 0 Å². The van der Waals surface area contributed by atoms with Gasteiger partial charge in [-0.2, -0.15) is 0 Å². The molecule has 0 aliphatic heterocycles. The number of hydrogen-bond acceptors (Lipinski definition) is 1. The molecule has 2 aromatic rings. The standard InChI is InChI=1S/C13H16ClNO/c1-9(2)15-12(5-6-16)7-10-3-4-11(14)8-13(10)15/h3-4,7-9,16H,5-6H2,1-2H3. The highest BCUT2D eigenvalue weighted by molar-refractivity contribution is 6.31. The average molecular weight is 238 g/mol. The van der Waals surface area contributed by atoms with Crippen molar-refractivity contribution in [2.24, 2.45) is 0 Å². The molecule has 2 rings (SSSR count). The molecule has 0 fully saturated rings. The topological polar surface area (TPSA) is 25.2 Å². The highest BCUT2D eigenvalue weighted by Gasteiger charge is 2.11. The highest BCUT2D eigenvalue weighted by Crippen LogP contribution is 2.26. The second-order valence-electron chi connectivity index (χ2n) is 4.28. The summed E-state index contributed by atoms with van der Waals surface area (Å²) in [7, 11) is 0. The first-order valence-corrected chi connectivity index (χ1v) is 5.91. The molecule has 1 aromatic carbocycles. The predicted molar refractivity (Wildman–Crippen MR) is 68.1 cm³/mol. The van der Waals surface area contributed by atoms with Gasteiger partial charge in [0.15, 0.2) is 0 Å². The van der Waals surface area contributed by atoms with Gasteiger partial charge in [0.1, 0.15) is 0 Å². The zero-order valence-corrected chi connectivity index (χ0v) is 10.3. The third-order valence-corrected chi connectivity index (χ3v) is 3.00. The van der Waals surface area contributed by atoms with Gasteiger partial charge in [-0.1, -0.05) is 17.7 Å². The molecule has 0 atom stereocenters. The summed E-state index contributed by atoms with van der Waals surface area (Å²) in [5.41, 5.74) is 2.31. The normalized spacial score (nSPS) is 11.6. The van der Waals surface area contributed by atoms with E-state index in [-0.39, 0.29) is 6.61 Å². The van der Waals surface area contributed by atoms with Crippen molar-refractivity contribution in [1.29, 1.82) is 0 Å². The Hall–Kier alpha value is -0.990. The van der Waals surface area contributed by atoms with Crippen LogP contribution in [-0.2, 0) is 6.42 Å². The van der Waals surface area contributed by atoms with E-state index in [2.05, 4.69) is 24.5 Å². The second-order valence-corrected chi connectivity index (χ2v) is 4.71. The third-order valence-electron chi connectivity index (χ3n) is 2.77. The van der Waals surface area contributed by atoms with Crippen LogP contribution in [0.1, 0.15) is 25.6 Å². The number of nitrogens with zero attached hydrogens (tertiary/aromatic N) is 1. The lowest BCUT2D eigenvalue weighted by atomic mass is 10.2. The highest BCUT2D eigenvalue weighted by atomic mass is 35.5. The van der Waals surface area contributed by atoms with E-state index in [4.69, 9.17) is 16.7 Å². The average Bonchev–Trinajstić information content (AvgIpc) is 2.55. The fourth-order valence-electron chi connectivity index (χ4n) is 2.17.